The second kappa shape index (κ2) is 15.6. The molecule has 2 aliphatic carbocycles. The third kappa shape index (κ3) is 8.35. The van der Waals surface area contributed by atoms with Crippen LogP contribution < -0.4 is 20.1 Å². The lowest BCUT2D eigenvalue weighted by Gasteiger charge is -2.34. The first-order valence-corrected chi connectivity index (χ1v) is 18.3. The zero-order chi connectivity index (χ0) is 33.7. The van der Waals surface area contributed by atoms with Gasteiger partial charge in [0.15, 0.2) is 0 Å². The number of rotatable bonds is 14. The summed E-state index contributed by atoms with van der Waals surface area (Å²) in [5.41, 5.74) is 7.18. The SMILES string of the molecule is CCOc1cc(NC2CCc3c(-c4cccc(OCCCN5CCC(C)(F)CC5)c4C)cccc32)c(Cl)cc1CNC[C@@H]1CCC(=O)C1. The minimum absolute atomic E-state index is 0.139. The van der Waals surface area contributed by atoms with Gasteiger partial charge in [-0.2, -0.15) is 0 Å². The Morgan fingerprint density at radius 1 is 1.02 bits per heavy atom. The van der Waals surface area contributed by atoms with Crippen molar-refractivity contribution in [2.45, 2.75) is 90.4 Å². The van der Waals surface area contributed by atoms with Crippen LogP contribution in [-0.4, -0.2) is 55.7 Å². The van der Waals surface area contributed by atoms with Crippen molar-refractivity contribution in [3.05, 3.63) is 75.8 Å². The topological polar surface area (TPSA) is 62.8 Å². The van der Waals surface area contributed by atoms with Crippen LogP contribution >= 0.6 is 11.6 Å². The predicted molar refractivity (Wildman–Crippen MR) is 193 cm³/mol. The van der Waals surface area contributed by atoms with Gasteiger partial charge in [-0.1, -0.05) is 41.9 Å². The Morgan fingerprint density at radius 3 is 2.58 bits per heavy atom. The lowest BCUT2D eigenvalue weighted by atomic mass is 9.93. The molecule has 2 N–H and O–H groups in total. The number of benzene rings is 3. The fourth-order valence-electron chi connectivity index (χ4n) is 7.63. The zero-order valence-corrected chi connectivity index (χ0v) is 29.6. The van der Waals surface area contributed by atoms with Crippen LogP contribution in [0.25, 0.3) is 11.1 Å². The first-order valence-electron chi connectivity index (χ1n) is 17.9. The molecule has 8 heteroatoms. The number of piperidine rings is 1. The fraction of sp³-hybridized carbons (Fsp3) is 0.525. The molecular formula is C40H51ClFN3O3. The quantitative estimate of drug-likeness (QED) is 0.167. The van der Waals surface area contributed by atoms with E-state index in [0.29, 0.717) is 62.2 Å². The average molecular weight is 676 g/mol. The van der Waals surface area contributed by atoms with Crippen molar-refractivity contribution in [3.63, 3.8) is 0 Å². The van der Waals surface area contributed by atoms with Crippen molar-refractivity contribution in [2.24, 2.45) is 5.92 Å². The number of halogens is 2. The molecule has 3 aromatic rings. The summed E-state index contributed by atoms with van der Waals surface area (Å²) < 4.78 is 26.5. The van der Waals surface area contributed by atoms with Gasteiger partial charge in [-0.15, -0.1) is 0 Å². The van der Waals surface area contributed by atoms with Crippen molar-refractivity contribution < 1.29 is 18.7 Å². The van der Waals surface area contributed by atoms with E-state index in [-0.39, 0.29) is 6.04 Å². The van der Waals surface area contributed by atoms with E-state index in [1.165, 1.54) is 22.3 Å². The average Bonchev–Trinajstić information content (AvgIpc) is 3.68. The van der Waals surface area contributed by atoms with Gasteiger partial charge in [0.2, 0.25) is 0 Å². The summed E-state index contributed by atoms with van der Waals surface area (Å²) in [6.45, 7) is 11.1. The van der Waals surface area contributed by atoms with Crippen LogP contribution in [0.3, 0.4) is 0 Å². The molecule has 0 radical (unpaired) electrons. The molecule has 6 rings (SSSR count). The first kappa shape index (κ1) is 34.7. The highest BCUT2D eigenvalue weighted by Crippen LogP contribution is 2.43. The molecule has 3 aromatic carbocycles. The van der Waals surface area contributed by atoms with E-state index in [1.807, 2.05) is 19.1 Å². The largest absolute Gasteiger partial charge is 0.493 e. The number of anilines is 1. The summed E-state index contributed by atoms with van der Waals surface area (Å²) in [7, 11) is 0. The molecule has 6 nitrogen and oxygen atoms in total. The molecule has 0 amide bonds. The van der Waals surface area contributed by atoms with Gasteiger partial charge in [-0.3, -0.25) is 4.79 Å². The Bertz CT molecular complexity index is 1580. The van der Waals surface area contributed by atoms with Crippen LogP contribution in [0, 0.1) is 12.8 Å². The fourth-order valence-corrected chi connectivity index (χ4v) is 7.87. The van der Waals surface area contributed by atoms with E-state index in [9.17, 15) is 9.18 Å². The highest BCUT2D eigenvalue weighted by Gasteiger charge is 2.29. The molecule has 3 aliphatic rings. The first-order chi connectivity index (χ1) is 23.2. The van der Waals surface area contributed by atoms with Gasteiger partial charge in [0.25, 0.3) is 0 Å². The minimum Gasteiger partial charge on any atom is -0.493 e. The Hall–Kier alpha value is -3.13. The van der Waals surface area contributed by atoms with Crippen LogP contribution in [0.5, 0.6) is 11.5 Å². The maximum absolute atomic E-state index is 14.2. The van der Waals surface area contributed by atoms with Gasteiger partial charge >= 0.3 is 0 Å². The molecule has 2 fully saturated rings. The zero-order valence-electron chi connectivity index (χ0n) is 28.8. The second-order valence-electron chi connectivity index (χ2n) is 14.1. The van der Waals surface area contributed by atoms with Crippen molar-refractivity contribution >= 4 is 23.1 Å². The monoisotopic (exact) mass is 675 g/mol. The number of fused-ring (bicyclic) bond motifs is 1. The van der Waals surface area contributed by atoms with Gasteiger partial charge < -0.3 is 25.0 Å². The minimum atomic E-state index is -1.01. The normalized spacial score (nSPS) is 20.6. The number of likely N-dealkylation sites (tertiary alicyclic amines) is 1. The molecule has 1 saturated heterocycles. The number of Topliss-reactive ketones (excluding diaryl/α,β-unsaturated/α-hetero) is 1. The van der Waals surface area contributed by atoms with E-state index in [2.05, 4.69) is 58.9 Å². The highest BCUT2D eigenvalue weighted by molar-refractivity contribution is 6.33. The Balaban J connectivity index is 1.10. The number of carbonyl (C=O) groups is 1. The van der Waals surface area contributed by atoms with Crippen LogP contribution in [0.2, 0.25) is 5.02 Å². The molecular weight excluding hydrogens is 625 g/mol. The van der Waals surface area contributed by atoms with Crippen molar-refractivity contribution in [3.8, 4) is 22.6 Å². The Kier molecular flexibility index (Phi) is 11.3. The summed E-state index contributed by atoms with van der Waals surface area (Å²) in [5, 5.41) is 7.95. The van der Waals surface area contributed by atoms with Gasteiger partial charge in [-0.05, 0) is 112 Å². The number of hydrogen-bond acceptors (Lipinski definition) is 6. The second-order valence-corrected chi connectivity index (χ2v) is 14.6. The molecule has 1 saturated carbocycles. The van der Waals surface area contributed by atoms with Crippen molar-refractivity contribution in [1.29, 1.82) is 0 Å². The summed E-state index contributed by atoms with van der Waals surface area (Å²) in [6, 6.07) is 17.2. The van der Waals surface area contributed by atoms with Crippen LogP contribution in [0.4, 0.5) is 10.1 Å². The molecule has 0 aromatic heterocycles. The van der Waals surface area contributed by atoms with E-state index in [4.69, 9.17) is 21.1 Å². The number of ether oxygens (including phenoxy) is 2. The third-order valence-electron chi connectivity index (χ3n) is 10.5. The van der Waals surface area contributed by atoms with Gasteiger partial charge in [-0.25, -0.2) is 4.39 Å². The lowest BCUT2D eigenvalue weighted by molar-refractivity contribution is -0.117. The molecule has 0 bridgehead atoms. The van der Waals surface area contributed by atoms with Crippen molar-refractivity contribution in [1.82, 2.24) is 10.2 Å². The molecule has 1 aliphatic heterocycles. The molecule has 258 valence electrons. The van der Waals surface area contributed by atoms with Crippen LogP contribution in [-0.2, 0) is 17.8 Å². The van der Waals surface area contributed by atoms with Gasteiger partial charge in [0, 0.05) is 50.7 Å². The van der Waals surface area contributed by atoms with E-state index in [0.717, 1.165) is 80.2 Å². The number of nitrogens with zero attached hydrogens (tertiary/aromatic N) is 1. The van der Waals surface area contributed by atoms with Crippen LogP contribution in [0.1, 0.15) is 87.1 Å². The van der Waals surface area contributed by atoms with Crippen LogP contribution in [0.15, 0.2) is 48.5 Å². The van der Waals surface area contributed by atoms with E-state index in [1.54, 1.807) is 6.92 Å². The molecule has 1 heterocycles. The van der Waals surface area contributed by atoms with Gasteiger partial charge in [0.1, 0.15) is 23.0 Å². The number of ketones is 1. The number of alkyl halides is 1. The Labute approximate surface area is 290 Å². The molecule has 2 atom stereocenters. The predicted octanol–water partition coefficient (Wildman–Crippen LogP) is 8.87. The standard InChI is InChI=1S/C40H51ClFN3O3/c1-4-47-39-24-37(35(41)23-29(39)26-43-25-28-12-13-30(46)22-28)44-36-15-14-33-32(9-5-10-34(33)36)31-8-6-11-38(27(31)2)48-21-7-18-45-19-16-40(3,42)17-20-45/h5-6,8-11,23-24,28,36,43-44H,4,7,12-22,25-26H2,1-3H3/t28-,36?/m1/s1. The maximum Gasteiger partial charge on any atom is 0.133 e. The van der Waals surface area contributed by atoms with Crippen molar-refractivity contribution in [2.75, 3.05) is 44.7 Å². The number of nitrogens with one attached hydrogen (secondary N) is 2. The number of hydrogen-bond donors (Lipinski definition) is 2. The van der Waals surface area contributed by atoms with Gasteiger partial charge in [0.05, 0.1) is 30.0 Å². The summed E-state index contributed by atoms with van der Waals surface area (Å²) in [5.74, 6) is 2.55. The van der Waals surface area contributed by atoms with E-state index < -0.39 is 5.67 Å². The molecule has 0 spiro atoms. The summed E-state index contributed by atoms with van der Waals surface area (Å²) >= 11 is 6.88. The number of carbonyl (C=O) groups excluding carboxylic acids is 1. The summed E-state index contributed by atoms with van der Waals surface area (Å²) in [6.07, 6.45) is 6.47. The molecule has 1 unspecified atom stereocenters. The maximum atomic E-state index is 14.2. The summed E-state index contributed by atoms with van der Waals surface area (Å²) in [4.78, 5) is 14.0. The Morgan fingerprint density at radius 2 is 1.81 bits per heavy atom. The smallest absolute Gasteiger partial charge is 0.133 e. The highest BCUT2D eigenvalue weighted by atomic mass is 35.5. The third-order valence-corrected chi connectivity index (χ3v) is 10.8. The molecule has 48 heavy (non-hydrogen) atoms. The lowest BCUT2D eigenvalue weighted by Crippen LogP contribution is -2.40. The van der Waals surface area contributed by atoms with E-state index >= 15 is 0 Å².